The normalized spacial score (nSPS) is 14.8. The molecule has 0 aromatic rings. The highest BCUT2D eigenvalue weighted by atomic mass is 32.2. The van der Waals surface area contributed by atoms with Gasteiger partial charge in [-0.25, -0.2) is 4.99 Å². The molecule has 0 N–H and O–H groups in total. The molecule has 110 valence electrons. The second kappa shape index (κ2) is 7.32. The molecule has 1 atom stereocenters. The predicted molar refractivity (Wildman–Crippen MR) is 67.2 cm³/mol. The fraction of sp³-hybridized carbons (Fsp3) is 0.545. The number of hydrogen-bond acceptors (Lipinski definition) is 4. The first-order valence-electron chi connectivity index (χ1n) is 5.46. The average molecular weight is 299 g/mol. The Balaban J connectivity index is 4.75. The Kier molecular flexibility index (Phi) is 6.82. The predicted octanol–water partition coefficient (Wildman–Crippen LogP) is 3.18. The average Bonchev–Trinajstić information content (AvgIpc) is 2.26. The van der Waals surface area contributed by atoms with Crippen LogP contribution in [0.3, 0.4) is 0 Å². The zero-order chi connectivity index (χ0) is 15.1. The third-order valence-corrected chi connectivity index (χ3v) is 2.99. The molecule has 0 bridgehead atoms. The minimum atomic E-state index is -5.70. The van der Waals surface area contributed by atoms with Gasteiger partial charge >= 0.3 is 15.6 Å². The second-order valence-electron chi connectivity index (χ2n) is 3.72. The van der Waals surface area contributed by atoms with Gasteiger partial charge in [0.15, 0.2) is 0 Å². The fourth-order valence-corrected chi connectivity index (χ4v) is 1.54. The molecule has 0 aliphatic heterocycles. The maximum absolute atomic E-state index is 12.1. The van der Waals surface area contributed by atoms with Gasteiger partial charge in [-0.2, -0.15) is 21.6 Å². The lowest BCUT2D eigenvalue weighted by atomic mass is 10.1. The molecule has 1 unspecified atom stereocenters. The van der Waals surface area contributed by atoms with E-state index in [4.69, 9.17) is 0 Å². The Bertz CT molecular complexity index is 441. The molecular weight excluding hydrogens is 283 g/mol. The zero-order valence-electron chi connectivity index (χ0n) is 10.5. The van der Waals surface area contributed by atoms with Gasteiger partial charge in [-0.3, -0.25) is 0 Å². The molecule has 0 rings (SSSR count). The summed E-state index contributed by atoms with van der Waals surface area (Å²) in [5, 5.41) is 0. The highest BCUT2D eigenvalue weighted by Gasteiger charge is 2.49. The first kappa shape index (κ1) is 17.7. The summed E-state index contributed by atoms with van der Waals surface area (Å²) in [5.74, 6) is -0.663. The molecule has 0 amide bonds. The van der Waals surface area contributed by atoms with Crippen molar-refractivity contribution < 1.29 is 25.8 Å². The van der Waals surface area contributed by atoms with Crippen LogP contribution in [0.1, 0.15) is 26.2 Å². The summed E-state index contributed by atoms with van der Waals surface area (Å²) in [6.07, 6.45) is 4.58. The van der Waals surface area contributed by atoms with Crippen molar-refractivity contribution in [3.63, 3.8) is 0 Å². The van der Waals surface area contributed by atoms with Gasteiger partial charge in [-0.1, -0.05) is 12.7 Å². The van der Waals surface area contributed by atoms with E-state index in [0.717, 1.165) is 18.9 Å². The van der Waals surface area contributed by atoms with Gasteiger partial charge in [0.05, 0.1) is 6.04 Å². The molecule has 0 spiro atoms. The van der Waals surface area contributed by atoms with Crippen molar-refractivity contribution in [2.24, 2.45) is 4.99 Å². The first-order chi connectivity index (χ1) is 8.64. The monoisotopic (exact) mass is 299 g/mol. The molecule has 0 aliphatic rings. The minimum absolute atomic E-state index is 0.378. The number of nitrogens with zero attached hydrogens (tertiary/aromatic N) is 1. The Labute approximate surface area is 110 Å². The Morgan fingerprint density at radius 2 is 2.00 bits per heavy atom. The number of unbranched alkanes of at least 4 members (excludes halogenated alkanes) is 1. The van der Waals surface area contributed by atoms with Crippen LogP contribution < -0.4 is 0 Å². The van der Waals surface area contributed by atoms with Crippen LogP contribution in [0.4, 0.5) is 13.2 Å². The van der Waals surface area contributed by atoms with Crippen LogP contribution >= 0.6 is 0 Å². The van der Waals surface area contributed by atoms with Crippen LogP contribution in [-0.2, 0) is 14.3 Å². The van der Waals surface area contributed by atoms with E-state index in [9.17, 15) is 21.6 Å². The lowest BCUT2D eigenvalue weighted by Crippen LogP contribution is -2.28. The van der Waals surface area contributed by atoms with Crippen LogP contribution in [-0.4, -0.2) is 25.9 Å². The van der Waals surface area contributed by atoms with E-state index < -0.39 is 21.5 Å². The molecule has 0 saturated heterocycles. The van der Waals surface area contributed by atoms with E-state index in [2.05, 4.69) is 22.3 Å². The third kappa shape index (κ3) is 6.42. The van der Waals surface area contributed by atoms with E-state index in [-0.39, 0.29) is 6.04 Å². The van der Waals surface area contributed by atoms with Crippen LogP contribution in [0, 0.1) is 0 Å². The molecule has 0 aliphatic carbocycles. The van der Waals surface area contributed by atoms with Crippen LogP contribution in [0.25, 0.3) is 0 Å². The van der Waals surface area contributed by atoms with Gasteiger partial charge in [-0.15, -0.1) is 6.58 Å². The van der Waals surface area contributed by atoms with Crippen molar-refractivity contribution in [2.75, 3.05) is 0 Å². The van der Waals surface area contributed by atoms with Crippen molar-refractivity contribution >= 4 is 16.0 Å². The summed E-state index contributed by atoms with van der Waals surface area (Å²) in [5.41, 5.74) is -5.48. The van der Waals surface area contributed by atoms with Crippen molar-refractivity contribution in [1.29, 1.82) is 0 Å². The van der Waals surface area contributed by atoms with Crippen molar-refractivity contribution in [3.05, 3.63) is 25.3 Å². The maximum Gasteiger partial charge on any atom is 0.534 e. The third-order valence-electron chi connectivity index (χ3n) is 2.03. The summed E-state index contributed by atoms with van der Waals surface area (Å²) >= 11 is 0. The van der Waals surface area contributed by atoms with E-state index in [0.29, 0.717) is 6.42 Å². The molecule has 4 nitrogen and oxygen atoms in total. The molecular formula is C11H16F3NO3S. The number of aliphatic imine (C=N–C) groups is 1. The maximum atomic E-state index is 12.1. The first-order valence-corrected chi connectivity index (χ1v) is 6.86. The molecule has 0 heterocycles. The second-order valence-corrected chi connectivity index (χ2v) is 5.26. The zero-order valence-corrected chi connectivity index (χ0v) is 11.3. The SMILES string of the molecule is C=CCCCC(C)N=C(C=C)OS(=O)(=O)C(F)(F)F. The van der Waals surface area contributed by atoms with Crippen molar-refractivity contribution in [1.82, 2.24) is 0 Å². The number of hydrogen-bond donors (Lipinski definition) is 0. The summed E-state index contributed by atoms with van der Waals surface area (Å²) in [7, 11) is -5.70. The Hall–Kier alpha value is -1.31. The quantitative estimate of drug-likeness (QED) is 0.181. The van der Waals surface area contributed by atoms with Crippen LogP contribution in [0.15, 0.2) is 30.3 Å². The van der Waals surface area contributed by atoms with E-state index in [1.807, 2.05) is 0 Å². The highest BCUT2D eigenvalue weighted by molar-refractivity contribution is 7.88. The summed E-state index contributed by atoms with van der Waals surface area (Å²) in [6, 6.07) is -0.378. The number of rotatable bonds is 7. The number of allylic oxidation sites excluding steroid dienone is 1. The van der Waals surface area contributed by atoms with Crippen molar-refractivity contribution in [2.45, 2.75) is 37.7 Å². The van der Waals surface area contributed by atoms with Crippen molar-refractivity contribution in [3.8, 4) is 0 Å². The standard InChI is InChI=1S/C11H16F3NO3S/c1-4-6-7-8-9(3)15-10(5-2)18-19(16,17)11(12,13)14/h4-5,9H,1-2,6-8H2,3H3. The summed E-state index contributed by atoms with van der Waals surface area (Å²) < 4.78 is 61.7. The van der Waals surface area contributed by atoms with Gasteiger partial charge < -0.3 is 4.18 Å². The minimum Gasteiger partial charge on any atom is -0.356 e. The number of halogens is 3. The van der Waals surface area contributed by atoms with Gasteiger partial charge in [0.25, 0.3) is 0 Å². The molecule has 19 heavy (non-hydrogen) atoms. The van der Waals surface area contributed by atoms with E-state index in [1.165, 1.54) is 0 Å². The molecule has 0 radical (unpaired) electrons. The summed E-state index contributed by atoms with van der Waals surface area (Å²) in [4.78, 5) is 3.73. The molecule has 8 heteroatoms. The lowest BCUT2D eigenvalue weighted by Gasteiger charge is -2.11. The lowest BCUT2D eigenvalue weighted by molar-refractivity contribution is -0.0504. The van der Waals surface area contributed by atoms with E-state index >= 15 is 0 Å². The largest absolute Gasteiger partial charge is 0.534 e. The smallest absolute Gasteiger partial charge is 0.356 e. The van der Waals surface area contributed by atoms with Gasteiger partial charge in [0.1, 0.15) is 0 Å². The molecule has 0 aromatic carbocycles. The van der Waals surface area contributed by atoms with Gasteiger partial charge in [0, 0.05) is 0 Å². The fourth-order valence-electron chi connectivity index (χ4n) is 1.11. The van der Waals surface area contributed by atoms with Gasteiger partial charge in [0.2, 0.25) is 5.90 Å². The summed E-state index contributed by atoms with van der Waals surface area (Å²) in [6.45, 7) is 8.34. The number of alkyl halides is 3. The highest BCUT2D eigenvalue weighted by Crippen LogP contribution is 2.25. The topological polar surface area (TPSA) is 55.7 Å². The molecule has 0 saturated carbocycles. The molecule has 0 fully saturated rings. The van der Waals surface area contributed by atoms with Crippen LogP contribution in [0.2, 0.25) is 0 Å². The van der Waals surface area contributed by atoms with Gasteiger partial charge in [-0.05, 0) is 32.3 Å². The Morgan fingerprint density at radius 1 is 1.42 bits per heavy atom. The Morgan fingerprint density at radius 3 is 2.42 bits per heavy atom. The molecule has 0 aromatic heterocycles. The van der Waals surface area contributed by atoms with E-state index in [1.54, 1.807) is 13.0 Å². The van der Waals surface area contributed by atoms with Crippen LogP contribution in [0.5, 0.6) is 0 Å².